The molecule has 0 aliphatic rings. The monoisotopic (exact) mass is 419 g/mol. The van der Waals surface area contributed by atoms with Gasteiger partial charge in [-0.15, -0.1) is 0 Å². The molecule has 0 saturated heterocycles. The zero-order chi connectivity index (χ0) is 22.3. The number of benzene rings is 2. The molecule has 0 saturated carbocycles. The number of rotatable bonds is 7. The Balaban J connectivity index is 2.19. The quantitative estimate of drug-likeness (QED) is 0.353. The Morgan fingerprint density at radius 1 is 1.17 bits per heavy atom. The molecule has 8 heteroatoms. The van der Waals surface area contributed by atoms with Crippen LogP contribution in [0.4, 0.5) is 13.2 Å². The standard InChI is InChI=1S/C22H20F3NO4/c1-14(2)30-21(27)17(12-26)9-15-7-8-19(20(11-15)28-3)29-13-16-5-4-6-18(10-16)22(23,24)25/h4-11,14H,13H2,1-3H3/b17-9+. The van der Waals surface area contributed by atoms with Crippen LogP contribution in [-0.2, 0) is 22.3 Å². The first-order valence-corrected chi connectivity index (χ1v) is 8.93. The summed E-state index contributed by atoms with van der Waals surface area (Å²) in [5.74, 6) is -0.142. The third-order valence-corrected chi connectivity index (χ3v) is 3.83. The number of carbonyl (C=O) groups excluding carboxylic acids is 1. The number of hydrogen-bond acceptors (Lipinski definition) is 5. The number of nitrogens with zero attached hydrogens (tertiary/aromatic N) is 1. The van der Waals surface area contributed by atoms with Gasteiger partial charge in [0.05, 0.1) is 18.8 Å². The van der Waals surface area contributed by atoms with Crippen molar-refractivity contribution in [2.75, 3.05) is 7.11 Å². The summed E-state index contributed by atoms with van der Waals surface area (Å²) in [7, 11) is 1.40. The summed E-state index contributed by atoms with van der Waals surface area (Å²) in [4.78, 5) is 11.9. The van der Waals surface area contributed by atoms with Crippen molar-refractivity contribution in [3.63, 3.8) is 0 Å². The van der Waals surface area contributed by atoms with E-state index in [1.807, 2.05) is 0 Å². The highest BCUT2D eigenvalue weighted by Gasteiger charge is 2.30. The molecule has 0 aliphatic carbocycles. The van der Waals surface area contributed by atoms with Crippen molar-refractivity contribution in [2.24, 2.45) is 0 Å². The van der Waals surface area contributed by atoms with Crippen LogP contribution in [0.5, 0.6) is 11.5 Å². The van der Waals surface area contributed by atoms with Gasteiger partial charge in [0.25, 0.3) is 0 Å². The molecule has 0 bridgehead atoms. The highest BCUT2D eigenvalue weighted by atomic mass is 19.4. The zero-order valence-electron chi connectivity index (χ0n) is 16.6. The van der Waals surface area contributed by atoms with Crippen molar-refractivity contribution >= 4 is 12.0 Å². The smallest absolute Gasteiger partial charge is 0.416 e. The van der Waals surface area contributed by atoms with Crippen LogP contribution >= 0.6 is 0 Å². The summed E-state index contributed by atoms with van der Waals surface area (Å²) in [5, 5.41) is 9.19. The van der Waals surface area contributed by atoms with E-state index in [1.54, 1.807) is 38.1 Å². The van der Waals surface area contributed by atoms with Crippen LogP contribution in [0, 0.1) is 11.3 Å². The van der Waals surface area contributed by atoms with Crippen molar-refractivity contribution in [1.29, 1.82) is 5.26 Å². The minimum absolute atomic E-state index is 0.0976. The van der Waals surface area contributed by atoms with Crippen molar-refractivity contribution in [2.45, 2.75) is 32.7 Å². The topological polar surface area (TPSA) is 68.5 Å². The first kappa shape index (κ1) is 22.8. The maximum absolute atomic E-state index is 12.8. The van der Waals surface area contributed by atoms with E-state index >= 15 is 0 Å². The molecule has 0 spiro atoms. The second-order valence-electron chi connectivity index (χ2n) is 6.52. The van der Waals surface area contributed by atoms with Crippen molar-refractivity contribution in [3.05, 3.63) is 64.7 Å². The number of carbonyl (C=O) groups is 1. The lowest BCUT2D eigenvalue weighted by Crippen LogP contribution is -2.12. The third-order valence-electron chi connectivity index (χ3n) is 3.83. The molecule has 0 N–H and O–H groups in total. The van der Waals surface area contributed by atoms with Gasteiger partial charge in [-0.3, -0.25) is 0 Å². The average molecular weight is 419 g/mol. The Bertz CT molecular complexity index is 975. The summed E-state index contributed by atoms with van der Waals surface area (Å²) in [5.41, 5.74) is -0.0914. The highest BCUT2D eigenvalue weighted by Crippen LogP contribution is 2.32. The number of halogens is 3. The summed E-state index contributed by atoms with van der Waals surface area (Å²) >= 11 is 0. The lowest BCUT2D eigenvalue weighted by molar-refractivity contribution is -0.142. The molecule has 0 amide bonds. The predicted octanol–water partition coefficient (Wildman–Crippen LogP) is 5.15. The largest absolute Gasteiger partial charge is 0.493 e. The fraction of sp³-hybridized carbons (Fsp3) is 0.273. The molecule has 0 atom stereocenters. The van der Waals surface area contributed by atoms with Gasteiger partial charge in [0.15, 0.2) is 11.5 Å². The van der Waals surface area contributed by atoms with Gasteiger partial charge in [-0.2, -0.15) is 18.4 Å². The van der Waals surface area contributed by atoms with E-state index in [4.69, 9.17) is 14.2 Å². The van der Waals surface area contributed by atoms with Crippen LogP contribution in [0.3, 0.4) is 0 Å². The Morgan fingerprint density at radius 3 is 2.50 bits per heavy atom. The molecule has 5 nitrogen and oxygen atoms in total. The lowest BCUT2D eigenvalue weighted by Gasteiger charge is -2.13. The molecule has 0 fully saturated rings. The third kappa shape index (κ3) is 6.27. The minimum atomic E-state index is -4.43. The van der Waals surface area contributed by atoms with E-state index in [1.165, 1.54) is 25.3 Å². The molecule has 2 aromatic rings. The molecular formula is C22H20F3NO4. The number of alkyl halides is 3. The van der Waals surface area contributed by atoms with E-state index in [-0.39, 0.29) is 18.3 Å². The summed E-state index contributed by atoms with van der Waals surface area (Å²) in [6.45, 7) is 3.25. The van der Waals surface area contributed by atoms with Crippen LogP contribution in [0.2, 0.25) is 0 Å². The fourth-order valence-corrected chi connectivity index (χ4v) is 2.47. The SMILES string of the molecule is COc1cc(/C=C(\C#N)C(=O)OC(C)C)ccc1OCc1cccc(C(F)(F)F)c1. The van der Waals surface area contributed by atoms with Crippen molar-refractivity contribution < 1.29 is 32.2 Å². The molecule has 0 radical (unpaired) electrons. The zero-order valence-corrected chi connectivity index (χ0v) is 16.6. The first-order valence-electron chi connectivity index (χ1n) is 8.93. The Labute approximate surface area is 172 Å². The van der Waals surface area contributed by atoms with Crippen molar-refractivity contribution in [3.8, 4) is 17.6 Å². The number of nitriles is 1. The van der Waals surface area contributed by atoms with Gasteiger partial charge in [-0.25, -0.2) is 4.79 Å². The molecule has 2 rings (SSSR count). The molecule has 0 unspecified atom stereocenters. The lowest BCUT2D eigenvalue weighted by atomic mass is 10.1. The summed E-state index contributed by atoms with van der Waals surface area (Å²) in [6, 6.07) is 11.3. The molecular weight excluding hydrogens is 399 g/mol. The Morgan fingerprint density at radius 2 is 1.90 bits per heavy atom. The highest BCUT2D eigenvalue weighted by molar-refractivity contribution is 5.98. The van der Waals surface area contributed by atoms with Crippen molar-refractivity contribution in [1.82, 2.24) is 0 Å². The molecule has 30 heavy (non-hydrogen) atoms. The second kappa shape index (κ2) is 9.83. The van der Waals surface area contributed by atoms with Gasteiger partial charge >= 0.3 is 12.1 Å². The predicted molar refractivity (Wildman–Crippen MR) is 104 cm³/mol. The van der Waals surface area contributed by atoms with Crippen LogP contribution in [0.15, 0.2) is 48.0 Å². The maximum atomic E-state index is 12.8. The first-order chi connectivity index (χ1) is 14.1. The van der Waals surface area contributed by atoms with E-state index in [0.717, 1.165) is 12.1 Å². The van der Waals surface area contributed by atoms with Gasteiger partial charge in [0.2, 0.25) is 0 Å². The Hall–Kier alpha value is -3.47. The van der Waals surface area contributed by atoms with E-state index in [0.29, 0.717) is 22.6 Å². The summed E-state index contributed by atoms with van der Waals surface area (Å²) < 4.78 is 54.4. The van der Waals surface area contributed by atoms with Gasteiger partial charge in [0.1, 0.15) is 18.2 Å². The van der Waals surface area contributed by atoms with Gasteiger partial charge in [-0.1, -0.05) is 18.2 Å². The van der Waals surface area contributed by atoms with Gasteiger partial charge < -0.3 is 14.2 Å². The van der Waals surface area contributed by atoms with Crippen LogP contribution in [-0.4, -0.2) is 19.2 Å². The molecule has 0 aromatic heterocycles. The number of methoxy groups -OCH3 is 1. The van der Waals surface area contributed by atoms with Crippen LogP contribution in [0.25, 0.3) is 6.08 Å². The number of ether oxygens (including phenoxy) is 3. The molecule has 0 aliphatic heterocycles. The average Bonchev–Trinajstić information content (AvgIpc) is 2.69. The van der Waals surface area contributed by atoms with E-state index in [9.17, 15) is 23.2 Å². The van der Waals surface area contributed by atoms with E-state index in [2.05, 4.69) is 0 Å². The molecule has 2 aromatic carbocycles. The Kier molecular flexibility index (Phi) is 7.48. The fourth-order valence-electron chi connectivity index (χ4n) is 2.47. The normalized spacial score (nSPS) is 11.7. The number of esters is 1. The maximum Gasteiger partial charge on any atom is 0.416 e. The van der Waals surface area contributed by atoms with Crippen LogP contribution < -0.4 is 9.47 Å². The minimum Gasteiger partial charge on any atom is -0.493 e. The van der Waals surface area contributed by atoms with Crippen LogP contribution in [0.1, 0.15) is 30.5 Å². The number of hydrogen-bond donors (Lipinski definition) is 0. The van der Waals surface area contributed by atoms with E-state index < -0.39 is 17.7 Å². The molecule has 0 heterocycles. The molecule has 158 valence electrons. The second-order valence-corrected chi connectivity index (χ2v) is 6.52. The van der Waals surface area contributed by atoms with Gasteiger partial charge in [-0.05, 0) is 55.3 Å². The van der Waals surface area contributed by atoms with Gasteiger partial charge in [0, 0.05) is 0 Å². The summed E-state index contributed by atoms with van der Waals surface area (Å²) in [6.07, 6.45) is -3.45.